The number of nitrogens with zero attached hydrogens (tertiary/aromatic N) is 1. The van der Waals surface area contributed by atoms with Crippen molar-refractivity contribution in [2.24, 2.45) is 11.8 Å². The Labute approximate surface area is 139 Å². The lowest BCUT2D eigenvalue weighted by molar-refractivity contribution is -0.137. The van der Waals surface area contributed by atoms with Gasteiger partial charge in [-0.3, -0.25) is 4.79 Å². The molecule has 1 unspecified atom stereocenters. The number of likely N-dealkylation sites (tertiary alicyclic amines) is 1. The molecule has 1 aromatic carbocycles. The topological polar surface area (TPSA) is 32.3 Å². The van der Waals surface area contributed by atoms with Crippen molar-refractivity contribution in [2.75, 3.05) is 26.2 Å². The minimum atomic E-state index is -0.313. The molecule has 1 amide bonds. The third-order valence-corrected chi connectivity index (χ3v) is 6.51. The van der Waals surface area contributed by atoms with E-state index in [4.69, 9.17) is 0 Å². The minimum absolute atomic E-state index is 0.313. The molecule has 3 heteroatoms. The van der Waals surface area contributed by atoms with Crippen LogP contribution < -0.4 is 5.32 Å². The number of carbonyl (C=O) groups is 1. The van der Waals surface area contributed by atoms with Crippen LogP contribution in [0, 0.1) is 11.8 Å². The summed E-state index contributed by atoms with van der Waals surface area (Å²) >= 11 is 0. The summed E-state index contributed by atoms with van der Waals surface area (Å²) < 4.78 is 0. The molecule has 2 heterocycles. The highest BCUT2D eigenvalue weighted by Crippen LogP contribution is 2.39. The van der Waals surface area contributed by atoms with Crippen molar-refractivity contribution < 1.29 is 4.79 Å². The van der Waals surface area contributed by atoms with E-state index in [1.807, 2.05) is 0 Å². The molecule has 0 spiro atoms. The first kappa shape index (κ1) is 15.2. The fourth-order valence-corrected chi connectivity index (χ4v) is 5.04. The Bertz CT molecular complexity index is 585. The summed E-state index contributed by atoms with van der Waals surface area (Å²) in [6.45, 7) is 6.36. The van der Waals surface area contributed by atoms with E-state index < -0.39 is 0 Å². The Morgan fingerprint density at radius 3 is 2.61 bits per heavy atom. The highest BCUT2D eigenvalue weighted by molar-refractivity contribution is 5.88. The van der Waals surface area contributed by atoms with E-state index in [1.165, 1.54) is 24.0 Å². The molecule has 3 nitrogen and oxygen atoms in total. The lowest BCUT2D eigenvalue weighted by atomic mass is 9.70. The van der Waals surface area contributed by atoms with Gasteiger partial charge in [0.25, 0.3) is 0 Å². The van der Waals surface area contributed by atoms with Crippen LogP contribution in [0.2, 0.25) is 0 Å². The summed E-state index contributed by atoms with van der Waals surface area (Å²) in [5.41, 5.74) is 2.35. The van der Waals surface area contributed by atoms with E-state index in [2.05, 4.69) is 41.4 Å². The van der Waals surface area contributed by atoms with Gasteiger partial charge in [-0.2, -0.15) is 0 Å². The Balaban J connectivity index is 1.57. The van der Waals surface area contributed by atoms with E-state index in [0.717, 1.165) is 57.3 Å². The van der Waals surface area contributed by atoms with Crippen molar-refractivity contribution in [3.8, 4) is 0 Å². The number of amides is 1. The van der Waals surface area contributed by atoms with E-state index in [1.54, 1.807) is 0 Å². The summed E-state index contributed by atoms with van der Waals surface area (Å²) in [6, 6.07) is 8.59. The number of hydrogen-bond donors (Lipinski definition) is 1. The van der Waals surface area contributed by atoms with E-state index in [0.29, 0.717) is 5.91 Å². The zero-order chi connectivity index (χ0) is 15.9. The summed E-state index contributed by atoms with van der Waals surface area (Å²) in [7, 11) is 0. The van der Waals surface area contributed by atoms with E-state index in [-0.39, 0.29) is 5.41 Å². The summed E-state index contributed by atoms with van der Waals surface area (Å²) in [4.78, 5) is 15.6. The molecule has 3 atom stereocenters. The molecule has 0 bridgehead atoms. The highest BCUT2D eigenvalue weighted by Gasteiger charge is 2.42. The number of hydrogen-bond acceptors (Lipinski definition) is 2. The second kappa shape index (κ2) is 5.94. The number of carbonyl (C=O) groups excluding carboxylic acids is 1. The molecule has 1 aromatic rings. The lowest BCUT2D eigenvalue weighted by Gasteiger charge is -2.38. The molecule has 23 heavy (non-hydrogen) atoms. The van der Waals surface area contributed by atoms with Crippen LogP contribution in [0.5, 0.6) is 0 Å². The summed E-state index contributed by atoms with van der Waals surface area (Å²) in [6.07, 6.45) is 5.58. The third kappa shape index (κ3) is 2.59. The van der Waals surface area contributed by atoms with Gasteiger partial charge in [0.2, 0.25) is 5.91 Å². The summed E-state index contributed by atoms with van der Waals surface area (Å²) in [5.74, 6) is 1.93. The molecule has 0 radical (unpaired) electrons. The Hall–Kier alpha value is -1.35. The molecule has 2 saturated heterocycles. The SMILES string of the molecule is CC1(C(=O)N2CC[C@@H]3CNC[C@@H]3CC2)CCCc2ccccc21. The van der Waals surface area contributed by atoms with Crippen LogP contribution in [0.4, 0.5) is 0 Å². The first-order valence-corrected chi connectivity index (χ1v) is 9.27. The first-order valence-electron chi connectivity index (χ1n) is 9.27. The summed E-state index contributed by atoms with van der Waals surface area (Å²) in [5, 5.41) is 3.52. The van der Waals surface area contributed by atoms with Crippen molar-refractivity contribution in [2.45, 2.75) is 44.4 Å². The van der Waals surface area contributed by atoms with Crippen molar-refractivity contribution in [3.05, 3.63) is 35.4 Å². The second-order valence-corrected chi connectivity index (χ2v) is 7.89. The number of rotatable bonds is 1. The fourth-order valence-electron chi connectivity index (χ4n) is 5.04. The highest BCUT2D eigenvalue weighted by atomic mass is 16.2. The molecule has 2 fully saturated rings. The van der Waals surface area contributed by atoms with Gasteiger partial charge in [0.1, 0.15) is 0 Å². The molecule has 1 N–H and O–H groups in total. The van der Waals surface area contributed by atoms with Crippen LogP contribution in [0.1, 0.15) is 43.7 Å². The maximum atomic E-state index is 13.4. The monoisotopic (exact) mass is 312 g/mol. The molecular weight excluding hydrogens is 284 g/mol. The van der Waals surface area contributed by atoms with Gasteiger partial charge in [0, 0.05) is 13.1 Å². The third-order valence-electron chi connectivity index (χ3n) is 6.51. The van der Waals surface area contributed by atoms with Crippen LogP contribution in [-0.4, -0.2) is 37.0 Å². The zero-order valence-corrected chi connectivity index (χ0v) is 14.2. The Morgan fingerprint density at radius 1 is 1.17 bits per heavy atom. The van der Waals surface area contributed by atoms with Crippen LogP contribution in [0.25, 0.3) is 0 Å². The Morgan fingerprint density at radius 2 is 1.87 bits per heavy atom. The van der Waals surface area contributed by atoms with Crippen molar-refractivity contribution in [3.63, 3.8) is 0 Å². The van der Waals surface area contributed by atoms with E-state index in [9.17, 15) is 4.79 Å². The molecule has 2 aliphatic heterocycles. The van der Waals surface area contributed by atoms with Gasteiger partial charge in [-0.05, 0) is 75.1 Å². The quantitative estimate of drug-likeness (QED) is 0.865. The number of nitrogens with one attached hydrogen (secondary N) is 1. The Kier molecular flexibility index (Phi) is 3.92. The van der Waals surface area contributed by atoms with E-state index >= 15 is 0 Å². The van der Waals surface area contributed by atoms with Gasteiger partial charge < -0.3 is 10.2 Å². The fraction of sp³-hybridized carbons (Fsp3) is 0.650. The standard InChI is InChI=1S/C20H28N2O/c1-20(10-4-6-15-5-2-3-7-18(15)20)19(23)22-11-8-16-13-21-14-17(16)9-12-22/h2-3,5,7,16-17,21H,4,6,8-14H2,1H3/t16-,17+,20?. The van der Waals surface area contributed by atoms with Crippen LogP contribution in [-0.2, 0) is 16.6 Å². The maximum Gasteiger partial charge on any atom is 0.232 e. The molecule has 3 aliphatic rings. The largest absolute Gasteiger partial charge is 0.342 e. The number of aryl methyl sites for hydroxylation is 1. The molecule has 1 aliphatic carbocycles. The maximum absolute atomic E-state index is 13.4. The predicted octanol–water partition coefficient (Wildman–Crippen LogP) is 2.74. The number of fused-ring (bicyclic) bond motifs is 2. The first-order chi connectivity index (χ1) is 11.2. The normalized spacial score (nSPS) is 33.7. The van der Waals surface area contributed by atoms with Crippen LogP contribution >= 0.6 is 0 Å². The average molecular weight is 312 g/mol. The second-order valence-electron chi connectivity index (χ2n) is 7.89. The van der Waals surface area contributed by atoms with Crippen molar-refractivity contribution in [1.82, 2.24) is 10.2 Å². The van der Waals surface area contributed by atoms with Gasteiger partial charge in [-0.1, -0.05) is 24.3 Å². The zero-order valence-electron chi connectivity index (χ0n) is 14.2. The number of benzene rings is 1. The average Bonchev–Trinajstić information content (AvgIpc) is 2.93. The predicted molar refractivity (Wildman–Crippen MR) is 92.4 cm³/mol. The van der Waals surface area contributed by atoms with Crippen LogP contribution in [0.15, 0.2) is 24.3 Å². The van der Waals surface area contributed by atoms with Gasteiger partial charge in [-0.15, -0.1) is 0 Å². The van der Waals surface area contributed by atoms with Crippen LogP contribution in [0.3, 0.4) is 0 Å². The van der Waals surface area contributed by atoms with Gasteiger partial charge in [-0.25, -0.2) is 0 Å². The molecular formula is C20H28N2O. The molecule has 124 valence electrons. The minimum Gasteiger partial charge on any atom is -0.342 e. The lowest BCUT2D eigenvalue weighted by Crippen LogP contribution is -2.47. The molecule has 0 saturated carbocycles. The molecule has 4 rings (SSSR count). The van der Waals surface area contributed by atoms with Gasteiger partial charge in [0.05, 0.1) is 5.41 Å². The van der Waals surface area contributed by atoms with Crippen molar-refractivity contribution >= 4 is 5.91 Å². The molecule has 0 aromatic heterocycles. The van der Waals surface area contributed by atoms with Gasteiger partial charge in [0.15, 0.2) is 0 Å². The smallest absolute Gasteiger partial charge is 0.232 e. The van der Waals surface area contributed by atoms with Crippen molar-refractivity contribution in [1.29, 1.82) is 0 Å². The van der Waals surface area contributed by atoms with Gasteiger partial charge >= 0.3 is 0 Å².